The van der Waals surface area contributed by atoms with Crippen LogP contribution < -0.4 is 5.32 Å². The van der Waals surface area contributed by atoms with Crippen molar-refractivity contribution in [2.24, 2.45) is 5.92 Å². The van der Waals surface area contributed by atoms with Gasteiger partial charge in [-0.2, -0.15) is 26.3 Å². The maximum absolute atomic E-state index is 12.5. The third-order valence-corrected chi connectivity index (χ3v) is 5.25. The van der Waals surface area contributed by atoms with Crippen molar-refractivity contribution in [3.63, 3.8) is 0 Å². The summed E-state index contributed by atoms with van der Waals surface area (Å²) in [4.78, 5) is 22.2. The van der Waals surface area contributed by atoms with E-state index >= 15 is 0 Å². The zero-order valence-electron chi connectivity index (χ0n) is 14.0. The van der Waals surface area contributed by atoms with Crippen LogP contribution in [0.5, 0.6) is 0 Å². The average molecular weight is 417 g/mol. The van der Waals surface area contributed by atoms with Crippen molar-refractivity contribution in [3.05, 3.63) is 21.9 Å². The number of rotatable bonds is 6. The Morgan fingerprint density at radius 1 is 1.07 bits per heavy atom. The molecule has 152 valence electrons. The molecular weight excluding hydrogens is 400 g/mol. The Morgan fingerprint density at radius 3 is 2.26 bits per heavy atom. The summed E-state index contributed by atoms with van der Waals surface area (Å²) >= 11 is 0.586. The number of thiophene rings is 1. The van der Waals surface area contributed by atoms with E-state index in [2.05, 4.69) is 10.1 Å². The molecule has 27 heavy (non-hydrogen) atoms. The summed E-state index contributed by atoms with van der Waals surface area (Å²) in [5.41, 5.74) is 0. The van der Waals surface area contributed by atoms with Crippen molar-refractivity contribution in [1.82, 2.24) is 5.32 Å². The second kappa shape index (κ2) is 8.59. The van der Waals surface area contributed by atoms with E-state index in [9.17, 15) is 35.9 Å². The van der Waals surface area contributed by atoms with Gasteiger partial charge in [0.25, 0.3) is 5.78 Å². The second-order valence-electron chi connectivity index (χ2n) is 6.20. The number of hydrogen-bond acceptors (Lipinski definition) is 5. The number of carbonyl (C=O) groups excluding carboxylic acids is 2. The first-order valence-electron chi connectivity index (χ1n) is 8.20. The molecule has 1 saturated carbocycles. The summed E-state index contributed by atoms with van der Waals surface area (Å²) in [6.45, 7) is -0.123. The highest BCUT2D eigenvalue weighted by Gasteiger charge is 2.43. The van der Waals surface area contributed by atoms with Gasteiger partial charge in [0.05, 0.1) is 4.88 Å². The number of Topliss-reactive ketones (excluding diaryl/α,β-unsaturated/α-hetero) is 1. The molecular formula is C16H17F6NO3S. The van der Waals surface area contributed by atoms with E-state index in [0.717, 1.165) is 25.3 Å². The first-order valence-corrected chi connectivity index (χ1v) is 9.01. The van der Waals surface area contributed by atoms with E-state index < -0.39 is 35.2 Å². The van der Waals surface area contributed by atoms with Crippen molar-refractivity contribution < 1.29 is 40.7 Å². The molecule has 4 nitrogen and oxygen atoms in total. The first kappa shape index (κ1) is 21.7. The van der Waals surface area contributed by atoms with Crippen molar-refractivity contribution in [1.29, 1.82) is 0 Å². The molecule has 1 atom stereocenters. The number of ether oxygens (including phenoxy) is 1. The molecule has 1 fully saturated rings. The lowest BCUT2D eigenvalue weighted by Crippen LogP contribution is -2.43. The Hall–Kier alpha value is -1.62. The van der Waals surface area contributed by atoms with Crippen LogP contribution in [-0.2, 0) is 16.1 Å². The molecule has 0 bridgehead atoms. The van der Waals surface area contributed by atoms with Crippen LogP contribution in [0.1, 0.15) is 46.7 Å². The van der Waals surface area contributed by atoms with Gasteiger partial charge in [0.15, 0.2) is 6.23 Å². The molecule has 1 aliphatic rings. The van der Waals surface area contributed by atoms with Gasteiger partial charge in [-0.05, 0) is 25.0 Å². The van der Waals surface area contributed by atoms with Crippen LogP contribution in [0, 0.1) is 5.92 Å². The SMILES string of the molecule is O=C(OC(NCc1ccc(C(=O)C(F)(F)F)s1)C1CCCCC1)C(F)(F)F. The minimum absolute atomic E-state index is 0.123. The van der Waals surface area contributed by atoms with Gasteiger partial charge in [-0.15, -0.1) is 11.3 Å². The molecule has 0 radical (unpaired) electrons. The van der Waals surface area contributed by atoms with Gasteiger partial charge >= 0.3 is 18.3 Å². The predicted molar refractivity (Wildman–Crippen MR) is 84.1 cm³/mol. The van der Waals surface area contributed by atoms with Crippen molar-refractivity contribution in [3.8, 4) is 0 Å². The molecule has 1 unspecified atom stereocenters. The number of carbonyl (C=O) groups is 2. The topological polar surface area (TPSA) is 55.4 Å². The Morgan fingerprint density at radius 2 is 1.70 bits per heavy atom. The molecule has 0 spiro atoms. The van der Waals surface area contributed by atoms with Gasteiger partial charge in [-0.25, -0.2) is 4.79 Å². The van der Waals surface area contributed by atoms with E-state index in [0.29, 0.717) is 29.1 Å². The van der Waals surface area contributed by atoms with E-state index in [1.165, 1.54) is 6.07 Å². The van der Waals surface area contributed by atoms with Gasteiger partial charge in [-0.3, -0.25) is 10.1 Å². The zero-order valence-corrected chi connectivity index (χ0v) is 14.8. The lowest BCUT2D eigenvalue weighted by Gasteiger charge is -2.30. The monoisotopic (exact) mass is 417 g/mol. The summed E-state index contributed by atoms with van der Waals surface area (Å²) in [7, 11) is 0. The van der Waals surface area contributed by atoms with Crippen LogP contribution in [0.4, 0.5) is 26.3 Å². The standard InChI is InChI=1S/C16H17F6NO3S/c17-15(18,19)12(24)11-7-6-10(27-11)8-23-13(9-4-2-1-3-5-9)26-14(25)16(20,21)22/h6-7,9,13,23H,1-5,8H2. The third kappa shape index (κ3) is 6.20. The van der Waals surface area contributed by atoms with Crippen molar-refractivity contribution in [2.75, 3.05) is 0 Å². The smallest absolute Gasteiger partial charge is 0.440 e. The van der Waals surface area contributed by atoms with Crippen LogP contribution in [0.25, 0.3) is 0 Å². The first-order chi connectivity index (χ1) is 12.5. The molecule has 11 heteroatoms. The molecule has 1 heterocycles. The van der Waals surface area contributed by atoms with Gasteiger partial charge in [0.2, 0.25) is 0 Å². The number of esters is 1. The molecule has 0 aliphatic heterocycles. The number of nitrogens with one attached hydrogen (secondary N) is 1. The lowest BCUT2D eigenvalue weighted by atomic mass is 9.88. The Balaban J connectivity index is 2.04. The number of alkyl halides is 6. The molecule has 2 rings (SSSR count). The normalized spacial score (nSPS) is 17.6. The van der Waals surface area contributed by atoms with Gasteiger partial charge in [0, 0.05) is 17.3 Å². The molecule has 0 amide bonds. The second-order valence-corrected chi connectivity index (χ2v) is 7.36. The highest BCUT2D eigenvalue weighted by Crippen LogP contribution is 2.30. The quantitative estimate of drug-likeness (QED) is 0.318. The van der Waals surface area contributed by atoms with Gasteiger partial charge in [0.1, 0.15) is 0 Å². The van der Waals surface area contributed by atoms with Crippen LogP contribution in [0.15, 0.2) is 12.1 Å². The van der Waals surface area contributed by atoms with Crippen LogP contribution in [-0.4, -0.2) is 30.3 Å². The number of hydrogen-bond donors (Lipinski definition) is 1. The fourth-order valence-electron chi connectivity index (χ4n) is 2.86. The average Bonchev–Trinajstić information content (AvgIpc) is 3.05. The molecule has 1 aromatic rings. The summed E-state index contributed by atoms with van der Waals surface area (Å²) in [5, 5.41) is 2.67. The number of ketones is 1. The summed E-state index contributed by atoms with van der Waals surface area (Å²) in [5.74, 6) is -4.61. The Labute approximate surface area is 154 Å². The van der Waals surface area contributed by atoms with Crippen LogP contribution >= 0.6 is 11.3 Å². The molecule has 1 aliphatic carbocycles. The zero-order chi connectivity index (χ0) is 20.2. The molecule has 1 N–H and O–H groups in total. The van der Waals surface area contributed by atoms with E-state index in [4.69, 9.17) is 0 Å². The van der Waals surface area contributed by atoms with Crippen molar-refractivity contribution >= 4 is 23.1 Å². The van der Waals surface area contributed by atoms with Crippen LogP contribution in [0.3, 0.4) is 0 Å². The summed E-state index contributed by atoms with van der Waals surface area (Å²) in [6, 6.07) is 2.29. The maximum atomic E-state index is 12.5. The van der Waals surface area contributed by atoms with Gasteiger partial charge < -0.3 is 4.74 Å². The fourth-order valence-corrected chi connectivity index (χ4v) is 3.78. The van der Waals surface area contributed by atoms with E-state index in [-0.39, 0.29) is 12.5 Å². The third-order valence-electron chi connectivity index (χ3n) is 4.16. The van der Waals surface area contributed by atoms with Crippen LogP contribution in [0.2, 0.25) is 0 Å². The molecule has 0 saturated heterocycles. The maximum Gasteiger partial charge on any atom is 0.490 e. The molecule has 0 aromatic carbocycles. The van der Waals surface area contributed by atoms with E-state index in [1.54, 1.807) is 0 Å². The minimum atomic E-state index is -5.14. The predicted octanol–water partition coefficient (Wildman–Crippen LogP) is 4.59. The number of halogens is 6. The highest BCUT2D eigenvalue weighted by atomic mass is 32.1. The summed E-state index contributed by atoms with van der Waals surface area (Å²) < 4.78 is 79.4. The highest BCUT2D eigenvalue weighted by molar-refractivity contribution is 7.14. The largest absolute Gasteiger partial charge is 0.490 e. The summed E-state index contributed by atoms with van der Waals surface area (Å²) in [6.07, 6.45) is -7.68. The lowest BCUT2D eigenvalue weighted by molar-refractivity contribution is -0.209. The minimum Gasteiger partial charge on any atom is -0.440 e. The Bertz CT molecular complexity index is 664. The van der Waals surface area contributed by atoms with Gasteiger partial charge in [-0.1, -0.05) is 19.3 Å². The Kier molecular flexibility index (Phi) is 6.90. The van der Waals surface area contributed by atoms with E-state index in [1.807, 2.05) is 0 Å². The molecule has 1 aromatic heterocycles. The van der Waals surface area contributed by atoms with Crippen molar-refractivity contribution in [2.45, 2.75) is 57.2 Å². The fraction of sp³-hybridized carbons (Fsp3) is 0.625.